The minimum absolute atomic E-state index is 0.279. The molecule has 0 saturated carbocycles. The van der Waals surface area contributed by atoms with E-state index in [0.29, 0.717) is 12.5 Å². The maximum absolute atomic E-state index is 5.83. The number of hydrogen-bond donors (Lipinski definition) is 2. The smallest absolute Gasteiger partial charge is 0.191 e. The van der Waals surface area contributed by atoms with Gasteiger partial charge in [-0.05, 0) is 44.9 Å². The monoisotopic (exact) mass is 404 g/mol. The van der Waals surface area contributed by atoms with Crippen LogP contribution in [0.1, 0.15) is 39.7 Å². The average Bonchev–Trinajstić information content (AvgIpc) is 2.72. The normalized spacial score (nSPS) is 16.9. The molecule has 0 amide bonds. The number of aliphatic imine (C=N–C) groups is 1. The SMILES string of the molecule is CCNC(=NCc1ccc(N2CCN(C)CC2)nc1)NCCC(OCC)C(C)C. The first-order chi connectivity index (χ1) is 14.0. The maximum Gasteiger partial charge on any atom is 0.191 e. The fraction of sp³-hybridized carbons (Fsp3) is 0.727. The molecular weight excluding hydrogens is 364 g/mol. The molecule has 1 unspecified atom stereocenters. The van der Waals surface area contributed by atoms with Gasteiger partial charge < -0.3 is 25.2 Å². The number of likely N-dealkylation sites (N-methyl/N-ethyl adjacent to an activating group) is 1. The van der Waals surface area contributed by atoms with Crippen LogP contribution in [0.5, 0.6) is 0 Å². The molecular formula is C22H40N6O. The highest BCUT2D eigenvalue weighted by Crippen LogP contribution is 2.14. The van der Waals surface area contributed by atoms with Crippen molar-refractivity contribution in [2.75, 3.05) is 57.8 Å². The number of piperazine rings is 1. The minimum atomic E-state index is 0.279. The second kappa shape index (κ2) is 12.6. The zero-order valence-corrected chi connectivity index (χ0v) is 18.9. The lowest BCUT2D eigenvalue weighted by molar-refractivity contribution is 0.0258. The van der Waals surface area contributed by atoms with Gasteiger partial charge in [0.15, 0.2) is 5.96 Å². The quantitative estimate of drug-likeness (QED) is 0.461. The first-order valence-electron chi connectivity index (χ1n) is 11.1. The molecule has 7 nitrogen and oxygen atoms in total. The van der Waals surface area contributed by atoms with Crippen molar-refractivity contribution in [3.8, 4) is 0 Å². The van der Waals surface area contributed by atoms with Gasteiger partial charge in [-0.15, -0.1) is 0 Å². The van der Waals surface area contributed by atoms with Gasteiger partial charge in [0.05, 0.1) is 12.6 Å². The van der Waals surface area contributed by atoms with Crippen molar-refractivity contribution in [1.29, 1.82) is 0 Å². The summed E-state index contributed by atoms with van der Waals surface area (Å²) in [4.78, 5) is 14.1. The van der Waals surface area contributed by atoms with Crippen molar-refractivity contribution in [3.05, 3.63) is 23.9 Å². The van der Waals surface area contributed by atoms with E-state index in [1.54, 1.807) is 0 Å². The topological polar surface area (TPSA) is 65.0 Å². The lowest BCUT2D eigenvalue weighted by atomic mass is 10.0. The Balaban J connectivity index is 1.85. The highest BCUT2D eigenvalue weighted by atomic mass is 16.5. The third-order valence-electron chi connectivity index (χ3n) is 5.25. The molecule has 29 heavy (non-hydrogen) atoms. The first-order valence-corrected chi connectivity index (χ1v) is 11.1. The Bertz CT molecular complexity index is 596. The van der Waals surface area contributed by atoms with E-state index in [2.05, 4.69) is 72.3 Å². The highest BCUT2D eigenvalue weighted by molar-refractivity contribution is 5.79. The standard InChI is InChI=1S/C22H40N6O/c1-6-23-22(24-11-10-20(18(3)4)29-7-2)26-17-19-8-9-21(25-16-19)28-14-12-27(5)13-15-28/h8-9,16,18,20H,6-7,10-15,17H2,1-5H3,(H2,23,24,26). The summed E-state index contributed by atoms with van der Waals surface area (Å²) in [7, 11) is 2.17. The molecule has 1 fully saturated rings. The van der Waals surface area contributed by atoms with E-state index in [1.165, 1.54) is 0 Å². The third kappa shape index (κ3) is 8.19. The molecule has 1 aromatic heterocycles. The van der Waals surface area contributed by atoms with Crippen LogP contribution in [0.25, 0.3) is 0 Å². The van der Waals surface area contributed by atoms with Crippen LogP contribution in [0.4, 0.5) is 5.82 Å². The summed E-state index contributed by atoms with van der Waals surface area (Å²) in [5.41, 5.74) is 1.12. The van der Waals surface area contributed by atoms with Crippen LogP contribution in [0.15, 0.2) is 23.3 Å². The summed E-state index contributed by atoms with van der Waals surface area (Å²) in [5, 5.41) is 6.75. The van der Waals surface area contributed by atoms with Crippen molar-refractivity contribution in [2.24, 2.45) is 10.9 Å². The molecule has 1 saturated heterocycles. The molecule has 2 heterocycles. The van der Waals surface area contributed by atoms with E-state index in [1.807, 2.05) is 6.20 Å². The highest BCUT2D eigenvalue weighted by Gasteiger charge is 2.15. The van der Waals surface area contributed by atoms with E-state index in [-0.39, 0.29) is 6.10 Å². The van der Waals surface area contributed by atoms with Crippen LogP contribution in [-0.2, 0) is 11.3 Å². The van der Waals surface area contributed by atoms with Crippen LogP contribution in [0.2, 0.25) is 0 Å². The number of nitrogens with zero attached hydrogens (tertiary/aromatic N) is 4. The van der Waals surface area contributed by atoms with Gasteiger partial charge in [0.25, 0.3) is 0 Å². The van der Waals surface area contributed by atoms with Gasteiger partial charge in [0, 0.05) is 52.1 Å². The molecule has 0 bridgehead atoms. The average molecular weight is 405 g/mol. The molecule has 2 rings (SSSR count). The summed E-state index contributed by atoms with van der Waals surface area (Å²) in [6.07, 6.45) is 3.20. The molecule has 0 aliphatic carbocycles. The molecule has 2 N–H and O–H groups in total. The maximum atomic E-state index is 5.83. The molecule has 1 aliphatic heterocycles. The van der Waals surface area contributed by atoms with Gasteiger partial charge in [-0.1, -0.05) is 19.9 Å². The predicted octanol–water partition coefficient (Wildman–Crippen LogP) is 2.34. The third-order valence-corrected chi connectivity index (χ3v) is 5.25. The fourth-order valence-electron chi connectivity index (χ4n) is 3.40. The molecule has 1 atom stereocenters. The summed E-state index contributed by atoms with van der Waals surface area (Å²) < 4.78 is 5.83. The summed E-state index contributed by atoms with van der Waals surface area (Å²) >= 11 is 0. The van der Waals surface area contributed by atoms with Gasteiger partial charge in [0.2, 0.25) is 0 Å². The molecule has 164 valence electrons. The summed E-state index contributed by atoms with van der Waals surface area (Å²) in [5.74, 6) is 2.42. The Morgan fingerprint density at radius 1 is 1.17 bits per heavy atom. The number of guanidine groups is 1. The lowest BCUT2D eigenvalue weighted by Crippen LogP contribution is -2.44. The molecule has 1 aromatic rings. The van der Waals surface area contributed by atoms with Crippen LogP contribution < -0.4 is 15.5 Å². The molecule has 7 heteroatoms. The summed E-state index contributed by atoms with van der Waals surface area (Å²) in [6, 6.07) is 4.25. The molecule has 0 spiro atoms. The van der Waals surface area contributed by atoms with Crippen LogP contribution in [0, 0.1) is 5.92 Å². The van der Waals surface area contributed by atoms with Crippen LogP contribution in [-0.4, -0.2) is 74.9 Å². The number of rotatable bonds is 10. The molecule has 0 aromatic carbocycles. The van der Waals surface area contributed by atoms with Crippen LogP contribution >= 0.6 is 0 Å². The Labute approximate surface area is 176 Å². The van der Waals surface area contributed by atoms with Gasteiger partial charge in [-0.25, -0.2) is 9.98 Å². The Hall–Kier alpha value is -1.86. The fourth-order valence-corrected chi connectivity index (χ4v) is 3.40. The Kier molecular flexibility index (Phi) is 10.2. The van der Waals surface area contributed by atoms with E-state index in [0.717, 1.165) is 69.6 Å². The first kappa shape index (κ1) is 23.4. The Morgan fingerprint density at radius 3 is 2.52 bits per heavy atom. The number of ether oxygens (including phenoxy) is 1. The number of hydrogen-bond acceptors (Lipinski definition) is 5. The van der Waals surface area contributed by atoms with E-state index in [4.69, 9.17) is 9.73 Å². The predicted molar refractivity (Wildman–Crippen MR) is 122 cm³/mol. The number of nitrogens with one attached hydrogen (secondary N) is 2. The molecule has 1 aliphatic rings. The molecule has 0 radical (unpaired) electrons. The van der Waals surface area contributed by atoms with Crippen molar-refractivity contribution in [2.45, 2.75) is 46.8 Å². The number of anilines is 1. The van der Waals surface area contributed by atoms with Gasteiger partial charge in [-0.3, -0.25) is 0 Å². The van der Waals surface area contributed by atoms with E-state index < -0.39 is 0 Å². The van der Waals surface area contributed by atoms with Crippen molar-refractivity contribution in [3.63, 3.8) is 0 Å². The zero-order chi connectivity index (χ0) is 21.1. The second-order valence-electron chi connectivity index (χ2n) is 7.96. The van der Waals surface area contributed by atoms with Crippen molar-refractivity contribution in [1.82, 2.24) is 20.5 Å². The Morgan fingerprint density at radius 2 is 1.93 bits per heavy atom. The van der Waals surface area contributed by atoms with Gasteiger partial charge in [-0.2, -0.15) is 0 Å². The largest absolute Gasteiger partial charge is 0.378 e. The zero-order valence-electron chi connectivity index (χ0n) is 18.9. The van der Waals surface area contributed by atoms with Crippen molar-refractivity contribution >= 4 is 11.8 Å². The van der Waals surface area contributed by atoms with Gasteiger partial charge >= 0.3 is 0 Å². The lowest BCUT2D eigenvalue weighted by Gasteiger charge is -2.33. The number of pyridine rings is 1. The van der Waals surface area contributed by atoms with Crippen LogP contribution in [0.3, 0.4) is 0 Å². The van der Waals surface area contributed by atoms with E-state index in [9.17, 15) is 0 Å². The van der Waals surface area contributed by atoms with Crippen molar-refractivity contribution < 1.29 is 4.74 Å². The number of aromatic nitrogens is 1. The summed E-state index contributed by atoms with van der Waals surface area (Å²) in [6.45, 7) is 15.9. The minimum Gasteiger partial charge on any atom is -0.378 e. The van der Waals surface area contributed by atoms with Gasteiger partial charge in [0.1, 0.15) is 5.82 Å². The second-order valence-corrected chi connectivity index (χ2v) is 7.96. The van der Waals surface area contributed by atoms with E-state index >= 15 is 0 Å².